The van der Waals surface area contributed by atoms with Crippen molar-refractivity contribution in [2.24, 2.45) is 5.92 Å². The van der Waals surface area contributed by atoms with Crippen LogP contribution in [-0.2, 0) is 0 Å². The molecule has 0 saturated carbocycles. The van der Waals surface area contributed by atoms with Crippen LogP contribution in [0.4, 0.5) is 0 Å². The number of benzene rings is 1. The molecule has 1 N–H and O–H groups in total. The largest absolute Gasteiger partial charge is 0.426 e. The monoisotopic (exact) mass is 298 g/mol. The van der Waals surface area contributed by atoms with Crippen LogP contribution in [0, 0.1) is 5.92 Å². The van der Waals surface area contributed by atoms with Crippen molar-refractivity contribution in [3.8, 4) is 11.7 Å². The Morgan fingerprint density at radius 1 is 1.18 bits per heavy atom. The summed E-state index contributed by atoms with van der Waals surface area (Å²) in [6, 6.07) is 12.9. The minimum absolute atomic E-state index is 0.165. The third-order valence-corrected chi connectivity index (χ3v) is 4.42. The molecule has 3 heterocycles. The first kappa shape index (κ1) is 13.4. The van der Waals surface area contributed by atoms with Crippen LogP contribution in [0.2, 0.25) is 0 Å². The van der Waals surface area contributed by atoms with Crippen LogP contribution >= 0.6 is 0 Å². The second-order valence-electron chi connectivity index (χ2n) is 5.92. The van der Waals surface area contributed by atoms with Crippen molar-refractivity contribution in [1.82, 2.24) is 10.2 Å². The average molecular weight is 298 g/mol. The summed E-state index contributed by atoms with van der Waals surface area (Å²) in [6.45, 7) is 3.21. The van der Waals surface area contributed by atoms with Gasteiger partial charge in [-0.25, -0.2) is 0 Å². The minimum atomic E-state index is -0.165. The fraction of sp³-hybridized carbons (Fsp3) is 0.353. The summed E-state index contributed by atoms with van der Waals surface area (Å²) >= 11 is 0. The van der Waals surface area contributed by atoms with E-state index in [2.05, 4.69) is 10.2 Å². The van der Waals surface area contributed by atoms with E-state index in [4.69, 9.17) is 9.15 Å². The maximum atomic E-state index is 12.3. The van der Waals surface area contributed by atoms with E-state index in [9.17, 15) is 4.79 Å². The highest BCUT2D eigenvalue weighted by Crippen LogP contribution is 2.28. The van der Waals surface area contributed by atoms with Gasteiger partial charge in [0, 0.05) is 25.2 Å². The van der Waals surface area contributed by atoms with Gasteiger partial charge in [-0.2, -0.15) is 0 Å². The second kappa shape index (κ2) is 5.50. The summed E-state index contributed by atoms with van der Waals surface area (Å²) in [6.07, 6.45) is 1.17. The van der Waals surface area contributed by atoms with Crippen molar-refractivity contribution in [1.29, 1.82) is 0 Å². The van der Waals surface area contributed by atoms with Gasteiger partial charge in [0.05, 0.1) is 0 Å². The van der Waals surface area contributed by atoms with Crippen LogP contribution in [-0.4, -0.2) is 36.5 Å². The molecule has 2 aromatic rings. The normalized spacial score (nSPS) is 26.1. The lowest BCUT2D eigenvalue weighted by atomic mass is 10.00. The highest BCUT2D eigenvalue weighted by molar-refractivity contribution is 5.91. The third kappa shape index (κ3) is 2.60. The molecule has 5 nitrogen and oxygen atoms in total. The molecule has 22 heavy (non-hydrogen) atoms. The molecule has 2 aliphatic rings. The quantitative estimate of drug-likeness (QED) is 0.942. The van der Waals surface area contributed by atoms with E-state index in [0.29, 0.717) is 23.4 Å². The molecular formula is C17H18N2O3. The number of nitrogens with zero attached hydrogens (tertiary/aromatic N) is 1. The molecule has 2 fully saturated rings. The molecule has 0 radical (unpaired) electrons. The van der Waals surface area contributed by atoms with E-state index in [1.54, 1.807) is 12.1 Å². The summed E-state index contributed by atoms with van der Waals surface area (Å²) in [5.74, 6) is 1.72. The van der Waals surface area contributed by atoms with Crippen LogP contribution in [0.15, 0.2) is 46.9 Å². The first-order valence-electron chi connectivity index (χ1n) is 7.64. The Hall–Kier alpha value is -2.27. The van der Waals surface area contributed by atoms with Gasteiger partial charge in [0.2, 0.25) is 0 Å². The number of ether oxygens (including phenoxy) is 1. The summed E-state index contributed by atoms with van der Waals surface area (Å²) in [5, 5.41) is 3.07. The average Bonchev–Trinajstić information content (AvgIpc) is 3.24. The number of para-hydroxylation sites is 1. The fourth-order valence-corrected chi connectivity index (χ4v) is 3.29. The number of fused-ring (bicyclic) bond motifs is 2. The Bertz CT molecular complexity index is 668. The lowest BCUT2D eigenvalue weighted by Gasteiger charge is -2.22. The first-order valence-corrected chi connectivity index (χ1v) is 7.64. The summed E-state index contributed by atoms with van der Waals surface area (Å²) in [7, 11) is 0. The Morgan fingerprint density at radius 2 is 2.05 bits per heavy atom. The summed E-state index contributed by atoms with van der Waals surface area (Å²) in [5.41, 5.74) is 0. The van der Waals surface area contributed by atoms with Crippen molar-refractivity contribution in [3.05, 3.63) is 48.2 Å². The van der Waals surface area contributed by atoms with Crippen molar-refractivity contribution < 1.29 is 13.9 Å². The lowest BCUT2D eigenvalue weighted by Crippen LogP contribution is -2.43. The van der Waals surface area contributed by atoms with Gasteiger partial charge in [-0.1, -0.05) is 18.2 Å². The molecule has 4 rings (SSSR count). The maximum absolute atomic E-state index is 12.3. The number of nitrogens with one attached hydrogen (secondary N) is 1. The standard InChI is InChI=1S/C17H18N2O3/c20-17(18-14-11-19-9-8-12(14)10-19)15-6-7-16(22-15)21-13-4-2-1-3-5-13/h1-7,12,14H,8-11H2,(H,18,20)/t12-,14+/m1/s1. The van der Waals surface area contributed by atoms with E-state index in [1.165, 1.54) is 6.42 Å². The molecule has 2 saturated heterocycles. The molecule has 2 bridgehead atoms. The molecule has 2 aliphatic heterocycles. The van der Waals surface area contributed by atoms with Crippen LogP contribution < -0.4 is 10.1 Å². The summed E-state index contributed by atoms with van der Waals surface area (Å²) < 4.78 is 11.1. The van der Waals surface area contributed by atoms with Crippen LogP contribution in [0.1, 0.15) is 17.0 Å². The molecular weight excluding hydrogens is 280 g/mol. The van der Waals surface area contributed by atoms with Gasteiger partial charge in [-0.15, -0.1) is 0 Å². The number of piperidine rings is 1. The van der Waals surface area contributed by atoms with Crippen LogP contribution in [0.5, 0.6) is 11.7 Å². The SMILES string of the molecule is O=C(N[C@H]1CN2CC[C@@H]1C2)c1ccc(Oc2ccccc2)o1. The molecule has 114 valence electrons. The van der Waals surface area contributed by atoms with E-state index in [1.807, 2.05) is 30.3 Å². The maximum Gasteiger partial charge on any atom is 0.290 e. The third-order valence-electron chi connectivity index (χ3n) is 4.42. The van der Waals surface area contributed by atoms with E-state index < -0.39 is 0 Å². The van der Waals surface area contributed by atoms with E-state index >= 15 is 0 Å². The Kier molecular flexibility index (Phi) is 3.35. The zero-order valence-electron chi connectivity index (χ0n) is 12.2. The molecule has 1 aromatic heterocycles. The molecule has 0 spiro atoms. The number of amides is 1. The molecule has 5 heteroatoms. The van der Waals surface area contributed by atoms with E-state index in [0.717, 1.165) is 19.6 Å². The summed E-state index contributed by atoms with van der Waals surface area (Å²) in [4.78, 5) is 14.7. The number of hydrogen-bond acceptors (Lipinski definition) is 4. The Balaban J connectivity index is 1.39. The fourth-order valence-electron chi connectivity index (χ4n) is 3.29. The molecule has 3 atom stereocenters. The Labute approximate surface area is 128 Å². The van der Waals surface area contributed by atoms with Gasteiger partial charge in [-0.3, -0.25) is 4.79 Å². The number of carbonyl (C=O) groups is 1. The molecule has 1 aromatic carbocycles. The number of carbonyl (C=O) groups excluding carboxylic acids is 1. The predicted molar refractivity (Wildman–Crippen MR) is 81.0 cm³/mol. The second-order valence-corrected chi connectivity index (χ2v) is 5.92. The van der Waals surface area contributed by atoms with Gasteiger partial charge in [-0.05, 0) is 37.1 Å². The molecule has 1 unspecified atom stereocenters. The van der Waals surface area contributed by atoms with Gasteiger partial charge >= 0.3 is 0 Å². The minimum Gasteiger partial charge on any atom is -0.426 e. The van der Waals surface area contributed by atoms with Gasteiger partial charge < -0.3 is 19.4 Å². The van der Waals surface area contributed by atoms with Crippen molar-refractivity contribution in [2.75, 3.05) is 19.6 Å². The predicted octanol–water partition coefficient (Wildman–Crippen LogP) is 2.51. The van der Waals surface area contributed by atoms with Gasteiger partial charge in [0.25, 0.3) is 11.9 Å². The van der Waals surface area contributed by atoms with Crippen molar-refractivity contribution >= 4 is 5.91 Å². The number of rotatable bonds is 4. The van der Waals surface area contributed by atoms with Crippen molar-refractivity contribution in [2.45, 2.75) is 12.5 Å². The van der Waals surface area contributed by atoms with Crippen LogP contribution in [0.25, 0.3) is 0 Å². The molecule has 0 aliphatic carbocycles. The zero-order valence-corrected chi connectivity index (χ0v) is 12.2. The van der Waals surface area contributed by atoms with Crippen LogP contribution in [0.3, 0.4) is 0 Å². The van der Waals surface area contributed by atoms with Crippen molar-refractivity contribution in [3.63, 3.8) is 0 Å². The zero-order chi connectivity index (χ0) is 14.9. The highest BCUT2D eigenvalue weighted by atomic mass is 16.6. The van der Waals surface area contributed by atoms with E-state index in [-0.39, 0.29) is 11.9 Å². The lowest BCUT2D eigenvalue weighted by molar-refractivity contribution is 0.0891. The molecule has 1 amide bonds. The number of furan rings is 1. The van der Waals surface area contributed by atoms with Gasteiger partial charge in [0.1, 0.15) is 5.75 Å². The van der Waals surface area contributed by atoms with Gasteiger partial charge in [0.15, 0.2) is 5.76 Å². The highest BCUT2D eigenvalue weighted by Gasteiger charge is 2.38. The smallest absolute Gasteiger partial charge is 0.290 e. The number of hydrogen-bond donors (Lipinski definition) is 1. The Morgan fingerprint density at radius 3 is 2.77 bits per heavy atom. The topological polar surface area (TPSA) is 54.7 Å². The first-order chi connectivity index (χ1) is 10.8.